The van der Waals surface area contributed by atoms with E-state index in [4.69, 9.17) is 0 Å². The molecule has 0 unspecified atom stereocenters. The Labute approximate surface area is 66.9 Å². The Morgan fingerprint density at radius 2 is 2.36 bits per heavy atom. The van der Waals surface area contributed by atoms with Crippen LogP contribution in [0.1, 0.15) is 19.3 Å². The molecule has 0 aromatic carbocycles. The highest BCUT2D eigenvalue weighted by Crippen LogP contribution is 2.20. The van der Waals surface area contributed by atoms with E-state index in [-0.39, 0.29) is 6.04 Å². The molecule has 2 aliphatic rings. The summed E-state index contributed by atoms with van der Waals surface area (Å²) in [5.74, 6) is 0.316. The maximum atomic E-state index is 11.3. The Kier molecular flexibility index (Phi) is 1.78. The highest BCUT2D eigenvalue weighted by atomic mass is 16.1. The van der Waals surface area contributed by atoms with Crippen molar-refractivity contribution in [2.75, 3.05) is 13.1 Å². The Morgan fingerprint density at radius 1 is 1.45 bits per heavy atom. The molecule has 1 atom stereocenters. The summed E-state index contributed by atoms with van der Waals surface area (Å²) >= 11 is 0. The van der Waals surface area contributed by atoms with Crippen molar-refractivity contribution in [3.05, 3.63) is 12.2 Å². The Hall–Kier alpha value is -0.630. The zero-order chi connectivity index (χ0) is 7.68. The van der Waals surface area contributed by atoms with E-state index in [0.717, 1.165) is 19.5 Å². The molecule has 0 radical (unpaired) electrons. The summed E-state index contributed by atoms with van der Waals surface area (Å²) in [5.41, 5.74) is 0. The van der Waals surface area contributed by atoms with E-state index in [1.54, 1.807) is 6.08 Å². The van der Waals surface area contributed by atoms with Gasteiger partial charge in [-0.1, -0.05) is 12.5 Å². The number of carbonyl (C=O) groups excluding carboxylic acids is 1. The van der Waals surface area contributed by atoms with Gasteiger partial charge in [-0.15, -0.1) is 0 Å². The second-order valence-electron chi connectivity index (χ2n) is 3.31. The number of carbonyl (C=O) groups is 1. The van der Waals surface area contributed by atoms with Crippen LogP contribution < -0.4 is 0 Å². The van der Waals surface area contributed by atoms with Gasteiger partial charge < -0.3 is 0 Å². The molecule has 0 amide bonds. The molecule has 0 aromatic rings. The van der Waals surface area contributed by atoms with Crippen LogP contribution in [0.15, 0.2) is 12.2 Å². The SMILES string of the molecule is O=C1C=CCN2CCCC[C@H]12. The molecule has 0 N–H and O–H groups in total. The normalized spacial score (nSPS) is 32.0. The third kappa shape index (κ3) is 1.23. The van der Waals surface area contributed by atoms with Gasteiger partial charge in [-0.2, -0.15) is 0 Å². The molecule has 60 valence electrons. The number of ketones is 1. The molecule has 0 saturated carbocycles. The molecule has 1 saturated heterocycles. The number of hydrogen-bond donors (Lipinski definition) is 0. The van der Waals surface area contributed by atoms with E-state index in [1.807, 2.05) is 6.08 Å². The summed E-state index contributed by atoms with van der Waals surface area (Å²) in [6.07, 6.45) is 7.28. The predicted octanol–water partition coefficient (Wildman–Crippen LogP) is 0.980. The van der Waals surface area contributed by atoms with E-state index < -0.39 is 0 Å². The average molecular weight is 151 g/mol. The number of piperidine rings is 1. The lowest BCUT2D eigenvalue weighted by Crippen LogP contribution is -2.46. The van der Waals surface area contributed by atoms with Crippen molar-refractivity contribution in [3.8, 4) is 0 Å². The molecular weight excluding hydrogens is 138 g/mol. The lowest BCUT2D eigenvalue weighted by Gasteiger charge is -2.35. The molecule has 2 heteroatoms. The number of rotatable bonds is 0. The fourth-order valence-electron chi connectivity index (χ4n) is 1.95. The smallest absolute Gasteiger partial charge is 0.172 e. The van der Waals surface area contributed by atoms with Crippen molar-refractivity contribution in [1.82, 2.24) is 4.90 Å². The van der Waals surface area contributed by atoms with Gasteiger partial charge in [0.1, 0.15) is 0 Å². The monoisotopic (exact) mass is 151 g/mol. The lowest BCUT2D eigenvalue weighted by molar-refractivity contribution is -0.121. The summed E-state index contributed by atoms with van der Waals surface area (Å²) in [6.45, 7) is 2.09. The second kappa shape index (κ2) is 2.78. The zero-order valence-corrected chi connectivity index (χ0v) is 6.62. The van der Waals surface area contributed by atoms with Gasteiger partial charge in [-0.3, -0.25) is 9.69 Å². The Morgan fingerprint density at radius 3 is 3.18 bits per heavy atom. The van der Waals surface area contributed by atoms with Crippen molar-refractivity contribution in [3.63, 3.8) is 0 Å². The van der Waals surface area contributed by atoms with E-state index in [0.29, 0.717) is 5.78 Å². The highest BCUT2D eigenvalue weighted by Gasteiger charge is 2.28. The molecule has 0 spiro atoms. The van der Waals surface area contributed by atoms with Gasteiger partial charge in [-0.25, -0.2) is 0 Å². The lowest BCUT2D eigenvalue weighted by atomic mass is 9.96. The fraction of sp³-hybridized carbons (Fsp3) is 0.667. The standard InChI is InChI=1S/C9H13NO/c11-9-5-3-7-10-6-2-1-4-8(9)10/h3,5,8H,1-2,4,6-7H2/t8-/m1/s1. The molecular formula is C9H13NO. The first-order valence-corrected chi connectivity index (χ1v) is 4.32. The minimum Gasteiger partial charge on any atom is -0.293 e. The van der Waals surface area contributed by atoms with Crippen LogP contribution in [0.4, 0.5) is 0 Å². The summed E-state index contributed by atoms with van der Waals surface area (Å²) < 4.78 is 0. The molecule has 2 rings (SSSR count). The minimum absolute atomic E-state index is 0.230. The van der Waals surface area contributed by atoms with Crippen LogP contribution >= 0.6 is 0 Å². The molecule has 2 heterocycles. The van der Waals surface area contributed by atoms with Crippen molar-refractivity contribution in [2.45, 2.75) is 25.3 Å². The largest absolute Gasteiger partial charge is 0.293 e. The molecule has 0 aromatic heterocycles. The van der Waals surface area contributed by atoms with Gasteiger partial charge in [0, 0.05) is 6.54 Å². The maximum Gasteiger partial charge on any atom is 0.172 e. The zero-order valence-electron chi connectivity index (χ0n) is 6.62. The van der Waals surface area contributed by atoms with Gasteiger partial charge in [0.25, 0.3) is 0 Å². The second-order valence-corrected chi connectivity index (χ2v) is 3.31. The first-order chi connectivity index (χ1) is 5.38. The van der Waals surface area contributed by atoms with Gasteiger partial charge >= 0.3 is 0 Å². The van der Waals surface area contributed by atoms with Gasteiger partial charge in [0.05, 0.1) is 6.04 Å². The molecule has 0 aliphatic carbocycles. The molecule has 2 aliphatic heterocycles. The van der Waals surface area contributed by atoms with Gasteiger partial charge in [0.15, 0.2) is 5.78 Å². The third-order valence-corrected chi connectivity index (χ3v) is 2.56. The summed E-state index contributed by atoms with van der Waals surface area (Å²) in [7, 11) is 0. The van der Waals surface area contributed by atoms with Crippen molar-refractivity contribution >= 4 is 5.78 Å². The number of hydrogen-bond acceptors (Lipinski definition) is 2. The quantitative estimate of drug-likeness (QED) is 0.514. The number of fused-ring (bicyclic) bond motifs is 1. The summed E-state index contributed by atoms with van der Waals surface area (Å²) in [6, 6.07) is 0.230. The van der Waals surface area contributed by atoms with Crippen LogP contribution in [0.3, 0.4) is 0 Å². The van der Waals surface area contributed by atoms with Crippen molar-refractivity contribution in [2.24, 2.45) is 0 Å². The minimum atomic E-state index is 0.230. The first kappa shape index (κ1) is 7.04. The molecule has 0 bridgehead atoms. The van der Waals surface area contributed by atoms with Crippen LogP contribution in [-0.2, 0) is 4.79 Å². The molecule has 2 nitrogen and oxygen atoms in total. The first-order valence-electron chi connectivity index (χ1n) is 4.32. The topological polar surface area (TPSA) is 20.3 Å². The molecule has 1 fully saturated rings. The van der Waals surface area contributed by atoms with E-state index >= 15 is 0 Å². The van der Waals surface area contributed by atoms with Crippen LogP contribution in [0.5, 0.6) is 0 Å². The predicted molar refractivity (Wildman–Crippen MR) is 43.4 cm³/mol. The van der Waals surface area contributed by atoms with E-state index in [2.05, 4.69) is 4.90 Å². The summed E-state index contributed by atoms with van der Waals surface area (Å²) in [4.78, 5) is 13.6. The van der Waals surface area contributed by atoms with Crippen LogP contribution in [0.2, 0.25) is 0 Å². The molecule has 11 heavy (non-hydrogen) atoms. The Balaban J connectivity index is 2.14. The fourth-order valence-corrected chi connectivity index (χ4v) is 1.95. The van der Waals surface area contributed by atoms with Crippen molar-refractivity contribution < 1.29 is 4.79 Å². The van der Waals surface area contributed by atoms with Crippen LogP contribution in [0.25, 0.3) is 0 Å². The van der Waals surface area contributed by atoms with Gasteiger partial charge in [-0.05, 0) is 25.5 Å². The van der Waals surface area contributed by atoms with Gasteiger partial charge in [0.2, 0.25) is 0 Å². The van der Waals surface area contributed by atoms with Crippen molar-refractivity contribution in [1.29, 1.82) is 0 Å². The Bertz CT molecular complexity index is 198. The third-order valence-electron chi connectivity index (χ3n) is 2.56. The van der Waals surface area contributed by atoms with E-state index in [1.165, 1.54) is 12.8 Å². The van der Waals surface area contributed by atoms with Crippen LogP contribution in [-0.4, -0.2) is 29.8 Å². The number of nitrogens with zero attached hydrogens (tertiary/aromatic N) is 1. The van der Waals surface area contributed by atoms with Crippen LogP contribution in [0, 0.1) is 0 Å². The average Bonchev–Trinajstić information content (AvgIpc) is 2.06. The summed E-state index contributed by atoms with van der Waals surface area (Å²) in [5, 5.41) is 0. The highest BCUT2D eigenvalue weighted by molar-refractivity contribution is 5.95. The maximum absolute atomic E-state index is 11.3. The van der Waals surface area contributed by atoms with E-state index in [9.17, 15) is 4.79 Å².